The van der Waals surface area contributed by atoms with Gasteiger partial charge < -0.3 is 9.63 Å². The van der Waals surface area contributed by atoms with Crippen molar-refractivity contribution in [3.8, 4) is 22.4 Å². The van der Waals surface area contributed by atoms with E-state index < -0.39 is 0 Å². The highest BCUT2D eigenvalue weighted by atomic mass is 16.5. The molecular formula is C17H15NO2. The average Bonchev–Trinajstić information content (AvgIpc) is 2.90. The number of aryl methyl sites for hydroxylation is 1. The molecule has 0 unspecified atom stereocenters. The molecule has 3 aromatic rings. The molecule has 0 aliphatic rings. The van der Waals surface area contributed by atoms with E-state index in [9.17, 15) is 0 Å². The second kappa shape index (κ2) is 5.31. The number of aliphatic hydroxyl groups excluding tert-OH is 1. The molecule has 1 N–H and O–H groups in total. The van der Waals surface area contributed by atoms with E-state index >= 15 is 0 Å². The Morgan fingerprint density at radius 3 is 2.30 bits per heavy atom. The van der Waals surface area contributed by atoms with Crippen LogP contribution in [-0.2, 0) is 6.61 Å². The van der Waals surface area contributed by atoms with Crippen LogP contribution in [0.2, 0.25) is 0 Å². The van der Waals surface area contributed by atoms with Crippen LogP contribution < -0.4 is 0 Å². The number of hydrogen-bond acceptors (Lipinski definition) is 3. The minimum atomic E-state index is 0.0500. The number of nitrogens with zero attached hydrogens (tertiary/aromatic N) is 1. The van der Waals surface area contributed by atoms with E-state index in [1.165, 1.54) is 0 Å². The third-order valence-corrected chi connectivity index (χ3v) is 3.34. The lowest BCUT2D eigenvalue weighted by Gasteiger charge is -2.04. The van der Waals surface area contributed by atoms with Crippen LogP contribution in [0.25, 0.3) is 22.4 Å². The molecule has 2 aromatic carbocycles. The number of rotatable bonds is 3. The lowest BCUT2D eigenvalue weighted by atomic mass is 9.99. The first kappa shape index (κ1) is 12.6. The number of hydrogen-bond donors (Lipinski definition) is 1. The van der Waals surface area contributed by atoms with Gasteiger partial charge in [-0.3, -0.25) is 0 Å². The third kappa shape index (κ3) is 2.24. The monoisotopic (exact) mass is 265 g/mol. The van der Waals surface area contributed by atoms with E-state index in [2.05, 4.69) is 5.16 Å². The van der Waals surface area contributed by atoms with Gasteiger partial charge in [0.2, 0.25) is 0 Å². The molecule has 0 amide bonds. The normalized spacial score (nSPS) is 10.7. The fourth-order valence-corrected chi connectivity index (χ4v) is 2.28. The topological polar surface area (TPSA) is 46.3 Å². The van der Waals surface area contributed by atoms with Gasteiger partial charge in [0, 0.05) is 5.56 Å². The first-order valence-corrected chi connectivity index (χ1v) is 6.51. The predicted octanol–water partition coefficient (Wildman–Crippen LogP) is 3.81. The molecule has 0 aliphatic heterocycles. The summed E-state index contributed by atoms with van der Waals surface area (Å²) in [7, 11) is 0. The summed E-state index contributed by atoms with van der Waals surface area (Å²) in [5.74, 6) is 0.792. The van der Waals surface area contributed by atoms with Gasteiger partial charge in [0.15, 0.2) is 0 Å². The molecule has 0 saturated heterocycles. The smallest absolute Gasteiger partial charge is 0.142 e. The maximum Gasteiger partial charge on any atom is 0.142 e. The Morgan fingerprint density at radius 1 is 0.950 bits per heavy atom. The van der Waals surface area contributed by atoms with Crippen molar-refractivity contribution in [2.45, 2.75) is 13.5 Å². The summed E-state index contributed by atoms with van der Waals surface area (Å²) in [6.07, 6.45) is 0. The van der Waals surface area contributed by atoms with Crippen molar-refractivity contribution in [2.75, 3.05) is 0 Å². The first-order chi connectivity index (χ1) is 9.79. The Bertz CT molecular complexity index is 700. The van der Waals surface area contributed by atoms with Gasteiger partial charge in [0.05, 0.1) is 12.2 Å². The van der Waals surface area contributed by atoms with E-state index in [-0.39, 0.29) is 6.61 Å². The number of aliphatic hydroxyl groups is 1. The van der Waals surface area contributed by atoms with Crippen molar-refractivity contribution >= 4 is 0 Å². The van der Waals surface area contributed by atoms with Crippen molar-refractivity contribution in [2.24, 2.45) is 0 Å². The Labute approximate surface area is 117 Å². The molecular weight excluding hydrogens is 250 g/mol. The maximum atomic E-state index is 9.12. The van der Waals surface area contributed by atoms with Gasteiger partial charge in [-0.1, -0.05) is 59.8 Å². The zero-order valence-electron chi connectivity index (χ0n) is 11.2. The summed E-state index contributed by atoms with van der Waals surface area (Å²) in [5, 5.41) is 13.3. The summed E-state index contributed by atoms with van der Waals surface area (Å²) in [6.45, 7) is 1.96. The molecule has 20 heavy (non-hydrogen) atoms. The second-order valence-electron chi connectivity index (χ2n) is 4.68. The number of benzene rings is 2. The second-order valence-corrected chi connectivity index (χ2v) is 4.68. The largest absolute Gasteiger partial charge is 0.392 e. The molecule has 1 aromatic heterocycles. The van der Waals surface area contributed by atoms with Gasteiger partial charge in [-0.25, -0.2) is 0 Å². The standard InChI is InChI=1S/C17H15NO2/c1-12-16(14-9-7-13(11-19)8-10-14)17(18-20-12)15-5-3-2-4-6-15/h2-10,19H,11H2,1H3. The first-order valence-electron chi connectivity index (χ1n) is 6.51. The van der Waals surface area contributed by atoms with E-state index in [0.717, 1.165) is 33.7 Å². The molecule has 0 saturated carbocycles. The lowest BCUT2D eigenvalue weighted by molar-refractivity contribution is 0.282. The molecule has 3 nitrogen and oxygen atoms in total. The van der Waals surface area contributed by atoms with Crippen LogP contribution in [0.4, 0.5) is 0 Å². The Kier molecular flexibility index (Phi) is 3.35. The van der Waals surface area contributed by atoms with E-state index in [0.29, 0.717) is 0 Å². The van der Waals surface area contributed by atoms with Gasteiger partial charge in [0.1, 0.15) is 11.5 Å². The van der Waals surface area contributed by atoms with Crippen LogP contribution in [0.5, 0.6) is 0 Å². The van der Waals surface area contributed by atoms with Crippen molar-refractivity contribution in [1.82, 2.24) is 5.16 Å². The van der Waals surface area contributed by atoms with E-state index in [4.69, 9.17) is 9.63 Å². The number of aromatic nitrogens is 1. The Morgan fingerprint density at radius 2 is 1.65 bits per heavy atom. The molecule has 0 radical (unpaired) electrons. The zero-order chi connectivity index (χ0) is 13.9. The fraction of sp³-hybridized carbons (Fsp3) is 0.118. The Balaban J connectivity index is 2.11. The molecule has 0 spiro atoms. The Hall–Kier alpha value is -2.39. The van der Waals surface area contributed by atoms with Crippen molar-refractivity contribution in [3.63, 3.8) is 0 Å². The van der Waals surface area contributed by atoms with Crippen LogP contribution in [0, 0.1) is 6.92 Å². The van der Waals surface area contributed by atoms with Gasteiger partial charge in [-0.15, -0.1) is 0 Å². The highest BCUT2D eigenvalue weighted by molar-refractivity contribution is 5.81. The molecule has 100 valence electrons. The van der Waals surface area contributed by atoms with Gasteiger partial charge in [-0.05, 0) is 18.1 Å². The molecule has 0 aliphatic carbocycles. The average molecular weight is 265 g/mol. The van der Waals surface area contributed by atoms with Crippen LogP contribution in [-0.4, -0.2) is 10.3 Å². The SMILES string of the molecule is Cc1onc(-c2ccccc2)c1-c1ccc(CO)cc1. The summed E-state index contributed by atoms with van der Waals surface area (Å²) in [4.78, 5) is 0. The molecule has 0 bridgehead atoms. The van der Waals surface area contributed by atoms with Crippen LogP contribution >= 0.6 is 0 Å². The van der Waals surface area contributed by atoms with Crippen molar-refractivity contribution < 1.29 is 9.63 Å². The van der Waals surface area contributed by atoms with E-state index in [1.807, 2.05) is 61.5 Å². The van der Waals surface area contributed by atoms with Crippen LogP contribution in [0.1, 0.15) is 11.3 Å². The quantitative estimate of drug-likeness (QED) is 0.783. The third-order valence-electron chi connectivity index (χ3n) is 3.34. The lowest BCUT2D eigenvalue weighted by Crippen LogP contribution is -1.86. The van der Waals surface area contributed by atoms with Gasteiger partial charge in [0.25, 0.3) is 0 Å². The highest BCUT2D eigenvalue weighted by Gasteiger charge is 2.16. The van der Waals surface area contributed by atoms with Crippen LogP contribution in [0.3, 0.4) is 0 Å². The summed E-state index contributed by atoms with van der Waals surface area (Å²) in [6, 6.07) is 17.8. The molecule has 1 heterocycles. The minimum Gasteiger partial charge on any atom is -0.392 e. The minimum absolute atomic E-state index is 0.0500. The maximum absolute atomic E-state index is 9.12. The van der Waals surface area contributed by atoms with Crippen molar-refractivity contribution in [3.05, 3.63) is 65.9 Å². The summed E-state index contributed by atoms with van der Waals surface area (Å²) < 4.78 is 5.36. The molecule has 0 fully saturated rings. The molecule has 3 heteroatoms. The summed E-state index contributed by atoms with van der Waals surface area (Å²) in [5.41, 5.74) is 4.81. The molecule has 3 rings (SSSR count). The van der Waals surface area contributed by atoms with Gasteiger partial charge >= 0.3 is 0 Å². The predicted molar refractivity (Wildman–Crippen MR) is 78.0 cm³/mol. The van der Waals surface area contributed by atoms with Crippen LogP contribution in [0.15, 0.2) is 59.1 Å². The van der Waals surface area contributed by atoms with E-state index in [1.54, 1.807) is 0 Å². The fourth-order valence-electron chi connectivity index (χ4n) is 2.28. The van der Waals surface area contributed by atoms with Crippen molar-refractivity contribution in [1.29, 1.82) is 0 Å². The zero-order valence-corrected chi connectivity index (χ0v) is 11.2. The van der Waals surface area contributed by atoms with Gasteiger partial charge in [-0.2, -0.15) is 0 Å². The molecule has 0 atom stereocenters. The summed E-state index contributed by atoms with van der Waals surface area (Å²) >= 11 is 0. The highest BCUT2D eigenvalue weighted by Crippen LogP contribution is 2.34.